The van der Waals surface area contributed by atoms with E-state index in [2.05, 4.69) is 42.6 Å². The molecule has 0 spiro atoms. The number of hydrogen-bond acceptors (Lipinski definition) is 3. The molecule has 0 fully saturated rings. The molecule has 3 heteroatoms. The molecule has 114 valence electrons. The van der Waals surface area contributed by atoms with Crippen LogP contribution in [0.4, 0.5) is 0 Å². The van der Waals surface area contributed by atoms with Gasteiger partial charge in [-0.3, -0.25) is 0 Å². The van der Waals surface area contributed by atoms with Crippen molar-refractivity contribution in [3.63, 3.8) is 0 Å². The molecule has 0 radical (unpaired) electrons. The predicted octanol–water partition coefficient (Wildman–Crippen LogP) is 3.66. The van der Waals surface area contributed by atoms with Crippen LogP contribution in [0.15, 0.2) is 36.4 Å². The minimum atomic E-state index is -0.210. The largest absolute Gasteiger partial charge is 0.497 e. The summed E-state index contributed by atoms with van der Waals surface area (Å²) in [6, 6.07) is 13.0. The number of ether oxygens (including phenoxy) is 1. The molecule has 0 aliphatic heterocycles. The molecule has 2 unspecified atom stereocenters. The molecule has 3 nitrogen and oxygen atoms in total. The van der Waals surface area contributed by atoms with Crippen LogP contribution in [0.25, 0.3) is 10.8 Å². The summed E-state index contributed by atoms with van der Waals surface area (Å²) in [6.07, 6.45) is 1.63. The van der Waals surface area contributed by atoms with Crippen LogP contribution in [-0.4, -0.2) is 24.9 Å². The molecule has 0 saturated carbocycles. The van der Waals surface area contributed by atoms with E-state index >= 15 is 0 Å². The molecule has 21 heavy (non-hydrogen) atoms. The molecular weight excluding hydrogens is 262 g/mol. The third-order valence-electron chi connectivity index (χ3n) is 3.82. The van der Waals surface area contributed by atoms with Crippen molar-refractivity contribution in [3.8, 4) is 5.75 Å². The molecule has 2 atom stereocenters. The van der Waals surface area contributed by atoms with E-state index in [4.69, 9.17) is 4.74 Å². The number of aliphatic hydroxyl groups excluding tert-OH is 1. The zero-order chi connectivity index (χ0) is 15.2. The fourth-order valence-electron chi connectivity index (χ4n) is 2.47. The molecule has 0 aliphatic carbocycles. The number of hydrogen-bond donors (Lipinski definition) is 2. The van der Waals surface area contributed by atoms with Gasteiger partial charge in [-0.1, -0.05) is 18.2 Å². The van der Waals surface area contributed by atoms with Crippen LogP contribution in [0.1, 0.15) is 38.3 Å². The van der Waals surface area contributed by atoms with Crippen molar-refractivity contribution in [1.82, 2.24) is 5.32 Å². The second-order valence-corrected chi connectivity index (χ2v) is 5.64. The fourth-order valence-corrected chi connectivity index (χ4v) is 2.47. The lowest BCUT2D eigenvalue weighted by Crippen LogP contribution is -2.20. The fraction of sp³-hybridized carbons (Fsp3) is 0.444. The van der Waals surface area contributed by atoms with E-state index in [0.29, 0.717) is 6.04 Å². The third-order valence-corrected chi connectivity index (χ3v) is 3.82. The smallest absolute Gasteiger partial charge is 0.119 e. The predicted molar refractivity (Wildman–Crippen MR) is 87.8 cm³/mol. The number of nitrogens with one attached hydrogen (secondary N) is 1. The first-order valence-electron chi connectivity index (χ1n) is 7.59. The number of fused-ring (bicyclic) bond motifs is 1. The minimum absolute atomic E-state index is 0.210. The molecule has 0 aromatic heterocycles. The van der Waals surface area contributed by atoms with E-state index in [-0.39, 0.29) is 6.10 Å². The molecule has 0 bridgehead atoms. The van der Waals surface area contributed by atoms with Gasteiger partial charge in [0, 0.05) is 6.04 Å². The van der Waals surface area contributed by atoms with Crippen molar-refractivity contribution in [3.05, 3.63) is 42.0 Å². The number of methoxy groups -OCH3 is 1. The maximum atomic E-state index is 9.26. The van der Waals surface area contributed by atoms with E-state index in [9.17, 15) is 5.11 Å². The van der Waals surface area contributed by atoms with Gasteiger partial charge in [0.05, 0.1) is 13.2 Å². The molecule has 2 rings (SSSR count). The van der Waals surface area contributed by atoms with Crippen molar-refractivity contribution >= 4 is 10.8 Å². The second-order valence-electron chi connectivity index (χ2n) is 5.64. The Balaban J connectivity index is 2.01. The Bertz CT molecular complexity index is 580. The highest BCUT2D eigenvalue weighted by atomic mass is 16.5. The Kier molecular flexibility index (Phi) is 5.59. The van der Waals surface area contributed by atoms with Gasteiger partial charge in [0.1, 0.15) is 5.75 Å². The van der Waals surface area contributed by atoms with Gasteiger partial charge < -0.3 is 15.2 Å². The van der Waals surface area contributed by atoms with Gasteiger partial charge in [0.25, 0.3) is 0 Å². The highest BCUT2D eigenvalue weighted by molar-refractivity contribution is 5.84. The third kappa shape index (κ3) is 4.45. The molecule has 0 heterocycles. The average molecular weight is 287 g/mol. The normalized spacial score (nSPS) is 14.1. The number of aliphatic hydroxyl groups is 1. The lowest BCUT2D eigenvalue weighted by Gasteiger charge is -2.15. The van der Waals surface area contributed by atoms with Crippen LogP contribution >= 0.6 is 0 Å². The maximum Gasteiger partial charge on any atom is 0.119 e. The van der Waals surface area contributed by atoms with E-state index in [0.717, 1.165) is 25.1 Å². The molecular formula is C18H25NO2. The van der Waals surface area contributed by atoms with Crippen LogP contribution in [0.3, 0.4) is 0 Å². The maximum absolute atomic E-state index is 9.26. The van der Waals surface area contributed by atoms with Gasteiger partial charge in [-0.25, -0.2) is 0 Å². The summed E-state index contributed by atoms with van der Waals surface area (Å²) in [5.74, 6) is 0.888. The Morgan fingerprint density at radius 2 is 1.81 bits per heavy atom. The van der Waals surface area contributed by atoms with Crippen LogP contribution in [0.5, 0.6) is 5.75 Å². The van der Waals surface area contributed by atoms with Crippen LogP contribution in [-0.2, 0) is 0 Å². The van der Waals surface area contributed by atoms with Gasteiger partial charge in [0.2, 0.25) is 0 Å². The summed E-state index contributed by atoms with van der Waals surface area (Å²) in [7, 11) is 1.69. The van der Waals surface area contributed by atoms with Gasteiger partial charge >= 0.3 is 0 Å². The highest BCUT2D eigenvalue weighted by Gasteiger charge is 2.06. The van der Waals surface area contributed by atoms with Crippen molar-refractivity contribution in [2.24, 2.45) is 0 Å². The molecule has 2 N–H and O–H groups in total. The molecule has 2 aromatic carbocycles. The summed E-state index contributed by atoms with van der Waals surface area (Å²) >= 11 is 0. The summed E-state index contributed by atoms with van der Waals surface area (Å²) in [5.41, 5.74) is 1.28. The first kappa shape index (κ1) is 15.8. The van der Waals surface area contributed by atoms with Gasteiger partial charge in [0.15, 0.2) is 0 Å². The Hall–Kier alpha value is -1.58. The van der Waals surface area contributed by atoms with Crippen LogP contribution in [0.2, 0.25) is 0 Å². The van der Waals surface area contributed by atoms with E-state index < -0.39 is 0 Å². The summed E-state index contributed by atoms with van der Waals surface area (Å²) in [5, 5.41) is 15.2. The SMILES string of the molecule is COc1ccc2cc(C(C)NCCCC(C)O)ccc2c1. The van der Waals surface area contributed by atoms with Crippen molar-refractivity contribution in [2.75, 3.05) is 13.7 Å². The summed E-state index contributed by atoms with van der Waals surface area (Å²) in [6.45, 7) is 4.93. The quantitative estimate of drug-likeness (QED) is 0.764. The molecule has 0 saturated heterocycles. The highest BCUT2D eigenvalue weighted by Crippen LogP contribution is 2.24. The second kappa shape index (κ2) is 7.43. The Morgan fingerprint density at radius 1 is 1.10 bits per heavy atom. The van der Waals surface area contributed by atoms with Gasteiger partial charge in [-0.05, 0) is 67.8 Å². The number of rotatable bonds is 7. The lowest BCUT2D eigenvalue weighted by molar-refractivity contribution is 0.181. The topological polar surface area (TPSA) is 41.5 Å². The molecule has 0 amide bonds. The number of benzene rings is 2. The Morgan fingerprint density at radius 3 is 2.52 bits per heavy atom. The monoisotopic (exact) mass is 287 g/mol. The summed E-state index contributed by atoms with van der Waals surface area (Å²) < 4.78 is 5.25. The van der Waals surface area contributed by atoms with Gasteiger partial charge in [-0.2, -0.15) is 0 Å². The lowest BCUT2D eigenvalue weighted by atomic mass is 10.0. The van der Waals surface area contributed by atoms with Gasteiger partial charge in [-0.15, -0.1) is 0 Å². The molecule has 2 aromatic rings. The first-order valence-corrected chi connectivity index (χ1v) is 7.59. The zero-order valence-corrected chi connectivity index (χ0v) is 13.1. The molecule has 0 aliphatic rings. The standard InChI is InChI=1S/C18H25NO2/c1-13(20)5-4-10-19-14(2)15-6-7-17-12-18(21-3)9-8-16(17)11-15/h6-9,11-14,19-20H,4-5,10H2,1-3H3. The summed E-state index contributed by atoms with van der Waals surface area (Å²) in [4.78, 5) is 0. The van der Waals surface area contributed by atoms with E-state index in [1.54, 1.807) is 7.11 Å². The van der Waals surface area contributed by atoms with Crippen molar-refractivity contribution in [2.45, 2.75) is 38.8 Å². The van der Waals surface area contributed by atoms with Crippen LogP contribution in [0, 0.1) is 0 Å². The van der Waals surface area contributed by atoms with E-state index in [1.807, 2.05) is 13.0 Å². The zero-order valence-electron chi connectivity index (χ0n) is 13.1. The van der Waals surface area contributed by atoms with Crippen molar-refractivity contribution in [1.29, 1.82) is 0 Å². The van der Waals surface area contributed by atoms with Crippen molar-refractivity contribution < 1.29 is 9.84 Å². The average Bonchev–Trinajstić information content (AvgIpc) is 2.50. The van der Waals surface area contributed by atoms with Crippen LogP contribution < -0.4 is 10.1 Å². The Labute approximate surface area is 126 Å². The minimum Gasteiger partial charge on any atom is -0.497 e. The first-order chi connectivity index (χ1) is 10.1. The van der Waals surface area contributed by atoms with E-state index in [1.165, 1.54) is 16.3 Å².